The van der Waals surface area contributed by atoms with Crippen LogP contribution in [-0.2, 0) is 11.3 Å². The molecule has 0 aliphatic carbocycles. The molecule has 114 valence electrons. The van der Waals surface area contributed by atoms with Gasteiger partial charge in [0, 0.05) is 23.2 Å². The standard InChI is InChI=1S/C18H19BrN2O/c19-16-6-8-17(9-7-16)20-18(22)15-10-11-21(13-15)12-14-4-2-1-3-5-14/h1-9,15H,10-13H2,(H,20,22). The SMILES string of the molecule is O=C(Nc1ccc(Br)cc1)C1CCN(Cc2ccccc2)C1. The van der Waals surface area contributed by atoms with Gasteiger partial charge in [0.2, 0.25) is 5.91 Å². The minimum Gasteiger partial charge on any atom is -0.326 e. The van der Waals surface area contributed by atoms with E-state index in [1.807, 2.05) is 30.3 Å². The van der Waals surface area contributed by atoms with Gasteiger partial charge in [-0.1, -0.05) is 46.3 Å². The molecule has 2 aromatic rings. The Labute approximate surface area is 139 Å². The largest absolute Gasteiger partial charge is 0.326 e. The summed E-state index contributed by atoms with van der Waals surface area (Å²) in [4.78, 5) is 14.7. The molecule has 3 nitrogen and oxygen atoms in total. The number of benzene rings is 2. The topological polar surface area (TPSA) is 32.3 Å². The van der Waals surface area contributed by atoms with Crippen LogP contribution in [0.5, 0.6) is 0 Å². The van der Waals surface area contributed by atoms with Crippen molar-refractivity contribution >= 4 is 27.5 Å². The van der Waals surface area contributed by atoms with Crippen molar-refractivity contribution in [2.24, 2.45) is 5.92 Å². The average molecular weight is 359 g/mol. The van der Waals surface area contributed by atoms with E-state index in [1.165, 1.54) is 5.56 Å². The molecule has 0 saturated carbocycles. The van der Waals surface area contributed by atoms with Crippen LogP contribution >= 0.6 is 15.9 Å². The predicted octanol–water partition coefficient (Wildman–Crippen LogP) is 3.91. The fraction of sp³-hybridized carbons (Fsp3) is 0.278. The number of likely N-dealkylation sites (tertiary alicyclic amines) is 1. The molecule has 0 spiro atoms. The van der Waals surface area contributed by atoms with Crippen molar-refractivity contribution in [3.8, 4) is 0 Å². The van der Waals surface area contributed by atoms with Gasteiger partial charge in [-0.25, -0.2) is 0 Å². The number of amides is 1. The first kappa shape index (κ1) is 15.3. The third-order valence-corrected chi connectivity index (χ3v) is 4.53. The zero-order valence-corrected chi connectivity index (χ0v) is 13.9. The van der Waals surface area contributed by atoms with E-state index in [4.69, 9.17) is 0 Å². The summed E-state index contributed by atoms with van der Waals surface area (Å²) in [6.45, 7) is 2.73. The van der Waals surface area contributed by atoms with Crippen LogP contribution in [0.2, 0.25) is 0 Å². The van der Waals surface area contributed by atoms with Crippen molar-refractivity contribution in [1.29, 1.82) is 0 Å². The van der Waals surface area contributed by atoms with Crippen LogP contribution in [0.1, 0.15) is 12.0 Å². The third kappa shape index (κ3) is 3.96. The predicted molar refractivity (Wildman–Crippen MR) is 92.6 cm³/mol. The maximum atomic E-state index is 12.3. The molecule has 1 N–H and O–H groups in total. The van der Waals surface area contributed by atoms with Gasteiger partial charge in [0.15, 0.2) is 0 Å². The molecule has 1 fully saturated rings. The highest BCUT2D eigenvalue weighted by Crippen LogP contribution is 2.21. The number of carbonyl (C=O) groups excluding carboxylic acids is 1. The van der Waals surface area contributed by atoms with Gasteiger partial charge >= 0.3 is 0 Å². The molecule has 1 heterocycles. The van der Waals surface area contributed by atoms with E-state index in [0.717, 1.165) is 36.2 Å². The quantitative estimate of drug-likeness (QED) is 0.898. The summed E-state index contributed by atoms with van der Waals surface area (Å²) in [7, 11) is 0. The highest BCUT2D eigenvalue weighted by molar-refractivity contribution is 9.10. The van der Waals surface area contributed by atoms with Gasteiger partial charge in [-0.15, -0.1) is 0 Å². The Morgan fingerprint density at radius 3 is 2.59 bits per heavy atom. The number of nitrogens with one attached hydrogen (secondary N) is 1. The lowest BCUT2D eigenvalue weighted by Crippen LogP contribution is -2.26. The first-order valence-electron chi connectivity index (χ1n) is 7.53. The fourth-order valence-corrected chi connectivity index (χ4v) is 3.07. The molecule has 1 aliphatic heterocycles. The lowest BCUT2D eigenvalue weighted by Gasteiger charge is -2.16. The van der Waals surface area contributed by atoms with Crippen LogP contribution in [-0.4, -0.2) is 23.9 Å². The molecule has 0 bridgehead atoms. The molecular weight excluding hydrogens is 340 g/mol. The molecule has 1 unspecified atom stereocenters. The van der Waals surface area contributed by atoms with E-state index in [-0.39, 0.29) is 11.8 Å². The summed E-state index contributed by atoms with van der Waals surface area (Å²) in [6, 6.07) is 18.1. The Bertz CT molecular complexity index is 627. The molecule has 1 saturated heterocycles. The van der Waals surface area contributed by atoms with Gasteiger partial charge in [-0.2, -0.15) is 0 Å². The summed E-state index contributed by atoms with van der Waals surface area (Å²) in [5, 5.41) is 3.01. The second kappa shape index (κ2) is 7.07. The summed E-state index contributed by atoms with van der Waals surface area (Å²) < 4.78 is 1.01. The average Bonchev–Trinajstić information content (AvgIpc) is 2.99. The van der Waals surface area contributed by atoms with Crippen LogP contribution in [0.4, 0.5) is 5.69 Å². The van der Waals surface area contributed by atoms with Crippen LogP contribution in [0.25, 0.3) is 0 Å². The van der Waals surface area contributed by atoms with E-state index < -0.39 is 0 Å². The van der Waals surface area contributed by atoms with Gasteiger partial charge in [-0.05, 0) is 42.8 Å². The van der Waals surface area contributed by atoms with Gasteiger partial charge in [-0.3, -0.25) is 9.69 Å². The van der Waals surface area contributed by atoms with Crippen LogP contribution in [0, 0.1) is 5.92 Å². The van der Waals surface area contributed by atoms with Gasteiger partial charge in [0.25, 0.3) is 0 Å². The van der Waals surface area contributed by atoms with Crippen molar-refractivity contribution in [2.75, 3.05) is 18.4 Å². The first-order chi connectivity index (χ1) is 10.7. The molecule has 22 heavy (non-hydrogen) atoms. The lowest BCUT2D eigenvalue weighted by molar-refractivity contribution is -0.119. The van der Waals surface area contributed by atoms with Crippen LogP contribution in [0.3, 0.4) is 0 Å². The van der Waals surface area contributed by atoms with Crippen molar-refractivity contribution < 1.29 is 4.79 Å². The van der Waals surface area contributed by atoms with Crippen molar-refractivity contribution in [3.05, 3.63) is 64.6 Å². The molecule has 3 rings (SSSR count). The number of rotatable bonds is 4. The van der Waals surface area contributed by atoms with Crippen LogP contribution in [0.15, 0.2) is 59.1 Å². The zero-order valence-electron chi connectivity index (χ0n) is 12.3. The molecule has 4 heteroatoms. The summed E-state index contributed by atoms with van der Waals surface area (Å²) >= 11 is 3.40. The van der Waals surface area contributed by atoms with E-state index in [9.17, 15) is 4.79 Å². The first-order valence-corrected chi connectivity index (χ1v) is 8.33. The third-order valence-electron chi connectivity index (χ3n) is 4.00. The Hall–Kier alpha value is -1.65. The van der Waals surface area contributed by atoms with Gasteiger partial charge < -0.3 is 5.32 Å². The minimum absolute atomic E-state index is 0.0763. The second-order valence-corrected chi connectivity index (χ2v) is 6.62. The summed E-state index contributed by atoms with van der Waals surface area (Å²) in [5.41, 5.74) is 2.16. The fourth-order valence-electron chi connectivity index (χ4n) is 2.81. The monoisotopic (exact) mass is 358 g/mol. The Morgan fingerprint density at radius 1 is 1.14 bits per heavy atom. The van der Waals surface area contributed by atoms with E-state index in [2.05, 4.69) is 50.4 Å². The molecule has 1 atom stereocenters. The molecule has 0 aromatic heterocycles. The van der Waals surface area contributed by atoms with Gasteiger partial charge in [0.05, 0.1) is 5.92 Å². The van der Waals surface area contributed by atoms with E-state index in [1.54, 1.807) is 0 Å². The Balaban J connectivity index is 1.53. The van der Waals surface area contributed by atoms with Gasteiger partial charge in [0.1, 0.15) is 0 Å². The number of hydrogen-bond acceptors (Lipinski definition) is 2. The maximum absolute atomic E-state index is 12.3. The molecule has 1 amide bonds. The molecular formula is C18H19BrN2O. The Kier molecular flexibility index (Phi) is 4.90. The van der Waals surface area contributed by atoms with Crippen molar-refractivity contribution in [2.45, 2.75) is 13.0 Å². The number of carbonyl (C=O) groups is 1. The zero-order chi connectivity index (χ0) is 15.4. The van der Waals surface area contributed by atoms with E-state index >= 15 is 0 Å². The minimum atomic E-state index is 0.0763. The smallest absolute Gasteiger partial charge is 0.228 e. The highest BCUT2D eigenvalue weighted by atomic mass is 79.9. The van der Waals surface area contributed by atoms with Crippen molar-refractivity contribution in [3.63, 3.8) is 0 Å². The lowest BCUT2D eigenvalue weighted by atomic mass is 10.1. The number of halogens is 1. The van der Waals surface area contributed by atoms with E-state index in [0.29, 0.717) is 0 Å². The summed E-state index contributed by atoms with van der Waals surface area (Å²) in [5.74, 6) is 0.199. The van der Waals surface area contributed by atoms with Crippen LogP contribution < -0.4 is 5.32 Å². The molecule has 1 aliphatic rings. The molecule has 2 aromatic carbocycles. The number of hydrogen-bond donors (Lipinski definition) is 1. The second-order valence-electron chi connectivity index (χ2n) is 5.70. The number of nitrogens with zero attached hydrogens (tertiary/aromatic N) is 1. The molecule has 0 radical (unpaired) electrons. The Morgan fingerprint density at radius 2 is 1.86 bits per heavy atom. The number of anilines is 1. The van der Waals surface area contributed by atoms with Crippen molar-refractivity contribution in [1.82, 2.24) is 4.90 Å². The summed E-state index contributed by atoms with van der Waals surface area (Å²) in [6.07, 6.45) is 0.926. The maximum Gasteiger partial charge on any atom is 0.228 e. The highest BCUT2D eigenvalue weighted by Gasteiger charge is 2.28. The normalized spacial score (nSPS) is 18.3.